The highest BCUT2D eigenvalue weighted by molar-refractivity contribution is 5.86. The Hall–Kier alpha value is -1.10. The molecule has 1 saturated heterocycles. The zero-order valence-electron chi connectivity index (χ0n) is 17.8. The van der Waals surface area contributed by atoms with Gasteiger partial charge < -0.3 is 15.2 Å². The van der Waals surface area contributed by atoms with E-state index in [1.165, 1.54) is 6.42 Å². The van der Waals surface area contributed by atoms with Crippen LogP contribution in [0.2, 0.25) is 0 Å². The molecule has 2 bridgehead atoms. The molecule has 154 valence electrons. The summed E-state index contributed by atoms with van der Waals surface area (Å²) >= 11 is 0. The van der Waals surface area contributed by atoms with Crippen molar-refractivity contribution in [1.82, 2.24) is 5.32 Å². The van der Waals surface area contributed by atoms with Crippen molar-refractivity contribution in [2.75, 3.05) is 0 Å². The monoisotopic (exact) mass is 379 g/mol. The SMILES string of the molecule is CC(C)[C@@H]1CC[C@@H](C)C[C@H]1OC(=O)[C@]1(C)C[C@@]2(C)C[C@@](C)(C1)C(O)NC2=O. The molecular formula is C22H37NO4. The van der Waals surface area contributed by atoms with Crippen LogP contribution in [0.1, 0.15) is 80.1 Å². The number of amides is 1. The molecule has 3 rings (SSSR count). The van der Waals surface area contributed by atoms with Gasteiger partial charge in [0.1, 0.15) is 12.3 Å². The van der Waals surface area contributed by atoms with Crippen LogP contribution in [0, 0.1) is 34.0 Å². The zero-order valence-corrected chi connectivity index (χ0v) is 17.8. The summed E-state index contributed by atoms with van der Waals surface area (Å²) in [5, 5.41) is 13.2. The van der Waals surface area contributed by atoms with Gasteiger partial charge in [0, 0.05) is 10.8 Å². The molecule has 2 aliphatic carbocycles. The summed E-state index contributed by atoms with van der Waals surface area (Å²) in [5.41, 5.74) is -1.90. The molecule has 3 aliphatic rings. The van der Waals surface area contributed by atoms with Crippen LogP contribution in [0.25, 0.3) is 0 Å². The Bertz CT molecular complexity index is 619. The molecule has 27 heavy (non-hydrogen) atoms. The maximum absolute atomic E-state index is 13.4. The molecule has 0 spiro atoms. The Kier molecular flexibility index (Phi) is 5.16. The topological polar surface area (TPSA) is 75.6 Å². The van der Waals surface area contributed by atoms with E-state index in [2.05, 4.69) is 26.1 Å². The highest BCUT2D eigenvalue weighted by Crippen LogP contribution is 2.58. The van der Waals surface area contributed by atoms with Crippen molar-refractivity contribution in [3.63, 3.8) is 0 Å². The lowest BCUT2D eigenvalue weighted by Gasteiger charge is -2.56. The lowest BCUT2D eigenvalue weighted by molar-refractivity contribution is -0.190. The molecule has 2 N–H and O–H groups in total. The Morgan fingerprint density at radius 2 is 1.85 bits per heavy atom. The van der Waals surface area contributed by atoms with E-state index in [1.807, 2.05) is 20.8 Å². The van der Waals surface area contributed by atoms with Crippen molar-refractivity contribution in [2.24, 2.45) is 34.0 Å². The molecule has 1 aliphatic heterocycles. The normalized spacial score (nSPS) is 47.5. The fraction of sp³-hybridized carbons (Fsp3) is 0.909. The lowest BCUT2D eigenvalue weighted by atomic mass is 9.52. The molecule has 7 atom stereocenters. The standard InChI is InChI=1S/C22H37NO4/c1-13(2)15-8-7-14(3)9-16(15)27-19(26)22(6)11-20(4)10-21(5,12-22)18(25)23-17(20)24/h13-17,24H,7-12H2,1-6H3,(H,23,25)/t14-,15+,16-,17?,20+,21-,22+/m1/s1. The first-order valence-corrected chi connectivity index (χ1v) is 10.6. The average Bonchev–Trinajstić information content (AvgIpc) is 2.52. The Balaban J connectivity index is 1.82. The highest BCUT2D eigenvalue weighted by atomic mass is 16.5. The second-order valence-corrected chi connectivity index (χ2v) is 11.0. The first kappa shape index (κ1) is 20.6. The van der Waals surface area contributed by atoms with Gasteiger partial charge in [-0.15, -0.1) is 0 Å². The number of nitrogens with one attached hydrogen (secondary N) is 1. The summed E-state index contributed by atoms with van der Waals surface area (Å²) in [4.78, 5) is 25.9. The van der Waals surface area contributed by atoms with Crippen molar-refractivity contribution in [3.05, 3.63) is 0 Å². The van der Waals surface area contributed by atoms with Crippen LogP contribution in [0.3, 0.4) is 0 Å². The molecule has 0 aromatic carbocycles. The predicted octanol–water partition coefficient (Wildman–Crippen LogP) is 3.64. The van der Waals surface area contributed by atoms with E-state index in [9.17, 15) is 14.7 Å². The van der Waals surface area contributed by atoms with Crippen molar-refractivity contribution in [1.29, 1.82) is 0 Å². The van der Waals surface area contributed by atoms with Gasteiger partial charge in [-0.25, -0.2) is 0 Å². The van der Waals surface area contributed by atoms with Gasteiger partial charge in [0.25, 0.3) is 0 Å². The molecule has 0 aromatic heterocycles. The molecule has 5 heteroatoms. The lowest BCUT2D eigenvalue weighted by Crippen LogP contribution is -2.65. The van der Waals surface area contributed by atoms with Gasteiger partial charge in [-0.2, -0.15) is 0 Å². The third-order valence-corrected chi connectivity index (χ3v) is 7.56. The van der Waals surface area contributed by atoms with Crippen LogP contribution in [-0.2, 0) is 14.3 Å². The summed E-state index contributed by atoms with van der Waals surface area (Å²) in [7, 11) is 0. The Morgan fingerprint density at radius 3 is 2.48 bits per heavy atom. The van der Waals surface area contributed by atoms with Gasteiger partial charge in [0.2, 0.25) is 5.91 Å². The van der Waals surface area contributed by atoms with E-state index in [-0.39, 0.29) is 18.0 Å². The van der Waals surface area contributed by atoms with Crippen LogP contribution in [0.15, 0.2) is 0 Å². The van der Waals surface area contributed by atoms with E-state index in [4.69, 9.17) is 4.74 Å². The fourth-order valence-corrected chi connectivity index (χ4v) is 6.33. The Morgan fingerprint density at radius 1 is 1.19 bits per heavy atom. The molecule has 2 saturated carbocycles. The number of hydrogen-bond acceptors (Lipinski definition) is 4. The van der Waals surface area contributed by atoms with Gasteiger partial charge in [0.05, 0.1) is 5.41 Å². The van der Waals surface area contributed by atoms with E-state index in [1.54, 1.807) is 0 Å². The molecule has 5 nitrogen and oxygen atoms in total. The highest BCUT2D eigenvalue weighted by Gasteiger charge is 2.61. The number of ether oxygens (including phenoxy) is 1. The molecule has 3 fully saturated rings. The molecular weight excluding hydrogens is 342 g/mol. The van der Waals surface area contributed by atoms with E-state index >= 15 is 0 Å². The number of piperidine rings is 1. The third-order valence-electron chi connectivity index (χ3n) is 7.56. The van der Waals surface area contributed by atoms with E-state index in [0.717, 1.165) is 12.8 Å². The van der Waals surface area contributed by atoms with Crippen LogP contribution in [-0.4, -0.2) is 29.3 Å². The molecule has 1 amide bonds. The van der Waals surface area contributed by atoms with Gasteiger partial charge in [0.15, 0.2) is 0 Å². The Labute approximate surface area is 163 Å². The molecule has 1 heterocycles. The van der Waals surface area contributed by atoms with Gasteiger partial charge in [-0.1, -0.05) is 41.0 Å². The van der Waals surface area contributed by atoms with Crippen LogP contribution < -0.4 is 5.32 Å². The number of carbonyl (C=O) groups excluding carboxylic acids is 2. The summed E-state index contributed by atoms with van der Waals surface area (Å²) in [6.07, 6.45) is 3.86. The zero-order chi connectivity index (χ0) is 20.2. The molecule has 1 unspecified atom stereocenters. The maximum atomic E-state index is 13.4. The van der Waals surface area contributed by atoms with Crippen molar-refractivity contribution >= 4 is 11.9 Å². The van der Waals surface area contributed by atoms with Crippen LogP contribution >= 0.6 is 0 Å². The van der Waals surface area contributed by atoms with Crippen molar-refractivity contribution in [2.45, 2.75) is 92.4 Å². The average molecular weight is 380 g/mol. The predicted molar refractivity (Wildman–Crippen MR) is 104 cm³/mol. The first-order valence-electron chi connectivity index (χ1n) is 10.6. The quantitative estimate of drug-likeness (QED) is 0.734. The summed E-state index contributed by atoms with van der Waals surface area (Å²) in [5.74, 6) is 1.11. The largest absolute Gasteiger partial charge is 0.462 e. The number of rotatable bonds is 3. The number of carbonyl (C=O) groups is 2. The van der Waals surface area contributed by atoms with Crippen LogP contribution in [0.4, 0.5) is 0 Å². The molecule has 0 radical (unpaired) electrons. The summed E-state index contributed by atoms with van der Waals surface area (Å²) < 4.78 is 6.15. The van der Waals surface area contributed by atoms with Crippen molar-refractivity contribution < 1.29 is 19.4 Å². The molecule has 0 aromatic rings. The second kappa shape index (κ2) is 6.75. The van der Waals surface area contributed by atoms with Gasteiger partial charge in [-0.05, 0) is 56.8 Å². The van der Waals surface area contributed by atoms with Crippen molar-refractivity contribution in [3.8, 4) is 0 Å². The van der Waals surface area contributed by atoms with E-state index < -0.39 is 22.5 Å². The first-order chi connectivity index (χ1) is 12.4. The smallest absolute Gasteiger partial charge is 0.312 e. The number of fused-ring (bicyclic) bond motifs is 2. The number of aliphatic hydroxyl groups excluding tert-OH is 1. The maximum Gasteiger partial charge on any atom is 0.312 e. The third kappa shape index (κ3) is 3.64. The van der Waals surface area contributed by atoms with Gasteiger partial charge >= 0.3 is 5.97 Å². The minimum absolute atomic E-state index is 0.0424. The minimum atomic E-state index is -0.913. The summed E-state index contributed by atoms with van der Waals surface area (Å²) in [6.45, 7) is 12.4. The number of esters is 1. The second-order valence-electron chi connectivity index (χ2n) is 11.0. The fourth-order valence-electron chi connectivity index (χ4n) is 6.33. The van der Waals surface area contributed by atoms with E-state index in [0.29, 0.717) is 37.0 Å². The minimum Gasteiger partial charge on any atom is -0.462 e. The van der Waals surface area contributed by atoms with Gasteiger partial charge in [-0.3, -0.25) is 9.59 Å². The number of hydrogen-bond donors (Lipinski definition) is 2. The number of aliphatic hydroxyl groups is 1. The summed E-state index contributed by atoms with van der Waals surface area (Å²) in [6, 6.07) is 0. The van der Waals surface area contributed by atoms with Crippen LogP contribution in [0.5, 0.6) is 0 Å².